The molecule has 2 N–H and O–H groups in total. The van der Waals surface area contributed by atoms with Crippen molar-refractivity contribution in [2.45, 2.75) is 13.0 Å². The van der Waals surface area contributed by atoms with Crippen LogP contribution in [0.1, 0.15) is 17.2 Å². The summed E-state index contributed by atoms with van der Waals surface area (Å²) in [6, 6.07) is 13.0. The Morgan fingerprint density at radius 3 is 2.75 bits per heavy atom. The van der Waals surface area contributed by atoms with Gasteiger partial charge in [0.1, 0.15) is 18.1 Å². The number of rotatable bonds is 5. The predicted octanol–water partition coefficient (Wildman–Crippen LogP) is 3.74. The van der Waals surface area contributed by atoms with Crippen LogP contribution in [0.15, 0.2) is 42.5 Å². The molecule has 2 aromatic rings. The number of hydrogen-bond donors (Lipinski definition) is 1. The summed E-state index contributed by atoms with van der Waals surface area (Å²) in [5.74, 6) is 1.55. The maximum Gasteiger partial charge on any atom is 0.123 e. The van der Waals surface area contributed by atoms with E-state index in [1.54, 1.807) is 13.2 Å². The van der Waals surface area contributed by atoms with E-state index in [2.05, 4.69) is 0 Å². The van der Waals surface area contributed by atoms with Gasteiger partial charge in [-0.05, 0) is 42.3 Å². The number of nitrogens with two attached hydrogens (primary N) is 1. The lowest BCUT2D eigenvalue weighted by molar-refractivity contribution is 0.288. The van der Waals surface area contributed by atoms with Gasteiger partial charge in [-0.25, -0.2) is 0 Å². The van der Waals surface area contributed by atoms with Crippen LogP contribution in [0.5, 0.6) is 11.5 Å². The highest BCUT2D eigenvalue weighted by molar-refractivity contribution is 6.30. The van der Waals surface area contributed by atoms with Crippen LogP contribution in [0, 0.1) is 6.92 Å². The molecule has 2 aromatic carbocycles. The van der Waals surface area contributed by atoms with E-state index in [0.717, 1.165) is 22.6 Å². The molecule has 106 valence electrons. The van der Waals surface area contributed by atoms with E-state index in [0.29, 0.717) is 11.6 Å². The summed E-state index contributed by atoms with van der Waals surface area (Å²) in [7, 11) is 1.64. The highest BCUT2D eigenvalue weighted by Crippen LogP contribution is 2.24. The molecule has 0 amide bonds. The van der Waals surface area contributed by atoms with Gasteiger partial charge in [-0.3, -0.25) is 0 Å². The monoisotopic (exact) mass is 291 g/mol. The zero-order valence-corrected chi connectivity index (χ0v) is 12.4. The van der Waals surface area contributed by atoms with E-state index in [4.69, 9.17) is 26.8 Å². The first kappa shape index (κ1) is 14.7. The van der Waals surface area contributed by atoms with Gasteiger partial charge in [0.05, 0.1) is 13.2 Å². The van der Waals surface area contributed by atoms with E-state index in [1.165, 1.54) is 0 Å². The molecule has 3 nitrogen and oxygen atoms in total. The van der Waals surface area contributed by atoms with Crippen molar-refractivity contribution in [3.05, 3.63) is 58.6 Å². The first-order valence-electron chi connectivity index (χ1n) is 6.38. The third-order valence-corrected chi connectivity index (χ3v) is 3.33. The molecule has 0 saturated heterocycles. The third kappa shape index (κ3) is 3.65. The maximum atomic E-state index is 6.14. The normalized spacial score (nSPS) is 12.0. The third-order valence-electron chi connectivity index (χ3n) is 3.09. The van der Waals surface area contributed by atoms with Crippen LogP contribution >= 0.6 is 11.6 Å². The number of hydrogen-bond acceptors (Lipinski definition) is 3. The fraction of sp³-hybridized carbons (Fsp3) is 0.250. The van der Waals surface area contributed by atoms with Gasteiger partial charge < -0.3 is 15.2 Å². The topological polar surface area (TPSA) is 44.5 Å². The second kappa shape index (κ2) is 6.64. The minimum absolute atomic E-state index is 0.219. The second-order valence-corrected chi connectivity index (χ2v) is 5.04. The van der Waals surface area contributed by atoms with E-state index in [-0.39, 0.29) is 6.04 Å². The van der Waals surface area contributed by atoms with Crippen molar-refractivity contribution in [2.75, 3.05) is 13.7 Å². The lowest BCUT2D eigenvalue weighted by Crippen LogP contribution is -2.19. The number of halogens is 1. The number of benzene rings is 2. The van der Waals surface area contributed by atoms with Crippen molar-refractivity contribution in [1.82, 2.24) is 0 Å². The molecule has 0 aliphatic carbocycles. The average molecular weight is 292 g/mol. The van der Waals surface area contributed by atoms with Crippen LogP contribution < -0.4 is 15.2 Å². The van der Waals surface area contributed by atoms with Gasteiger partial charge in [-0.2, -0.15) is 0 Å². The summed E-state index contributed by atoms with van der Waals surface area (Å²) >= 11 is 5.96. The summed E-state index contributed by atoms with van der Waals surface area (Å²) in [5.41, 5.74) is 8.15. The summed E-state index contributed by atoms with van der Waals surface area (Å²) in [6.45, 7) is 2.36. The first-order valence-corrected chi connectivity index (χ1v) is 6.76. The Kier molecular flexibility index (Phi) is 4.88. The Balaban J connectivity index is 2.04. The first-order chi connectivity index (χ1) is 9.60. The van der Waals surface area contributed by atoms with Crippen LogP contribution in [0.4, 0.5) is 0 Å². The Morgan fingerprint density at radius 1 is 1.20 bits per heavy atom. The fourth-order valence-electron chi connectivity index (χ4n) is 1.88. The van der Waals surface area contributed by atoms with Crippen molar-refractivity contribution in [2.24, 2.45) is 5.73 Å². The zero-order valence-electron chi connectivity index (χ0n) is 11.6. The van der Waals surface area contributed by atoms with Crippen molar-refractivity contribution in [3.63, 3.8) is 0 Å². The highest BCUT2D eigenvalue weighted by Gasteiger charge is 2.09. The molecule has 0 aromatic heterocycles. The van der Waals surface area contributed by atoms with Crippen LogP contribution in [0.25, 0.3) is 0 Å². The molecular weight excluding hydrogens is 274 g/mol. The molecule has 1 atom stereocenters. The second-order valence-electron chi connectivity index (χ2n) is 4.60. The smallest absolute Gasteiger partial charge is 0.123 e. The molecule has 1 unspecified atom stereocenters. The highest BCUT2D eigenvalue weighted by atomic mass is 35.5. The molecule has 2 rings (SSSR count). The Labute approximate surface area is 124 Å². The molecule has 0 aliphatic heterocycles. The zero-order chi connectivity index (χ0) is 14.5. The average Bonchev–Trinajstić information content (AvgIpc) is 2.48. The SMILES string of the molecule is COc1cccc(C(N)COc2cc(Cl)ccc2C)c1. The minimum Gasteiger partial charge on any atom is -0.497 e. The van der Waals surface area contributed by atoms with E-state index < -0.39 is 0 Å². The molecule has 0 bridgehead atoms. The van der Waals surface area contributed by atoms with E-state index in [1.807, 2.05) is 43.3 Å². The summed E-state index contributed by atoms with van der Waals surface area (Å²) in [6.07, 6.45) is 0. The van der Waals surface area contributed by atoms with Gasteiger partial charge >= 0.3 is 0 Å². The molecule has 0 spiro atoms. The summed E-state index contributed by atoms with van der Waals surface area (Å²) in [5, 5.41) is 0.653. The van der Waals surface area contributed by atoms with Crippen LogP contribution in [0.3, 0.4) is 0 Å². The number of ether oxygens (including phenoxy) is 2. The standard InChI is InChI=1S/C16H18ClNO2/c1-11-6-7-13(17)9-16(11)20-10-15(18)12-4-3-5-14(8-12)19-2/h3-9,15H,10,18H2,1-2H3. The van der Waals surface area contributed by atoms with E-state index in [9.17, 15) is 0 Å². The van der Waals surface area contributed by atoms with Gasteiger partial charge in [-0.15, -0.1) is 0 Å². The van der Waals surface area contributed by atoms with E-state index >= 15 is 0 Å². The Bertz CT molecular complexity index is 586. The van der Waals surface area contributed by atoms with Gasteiger partial charge in [0.25, 0.3) is 0 Å². The van der Waals surface area contributed by atoms with Crippen LogP contribution in [-0.2, 0) is 0 Å². The van der Waals surface area contributed by atoms with Crippen molar-refractivity contribution >= 4 is 11.6 Å². The molecule has 0 fully saturated rings. The maximum absolute atomic E-state index is 6.14. The Hall–Kier alpha value is -1.71. The van der Waals surface area contributed by atoms with Crippen LogP contribution in [0.2, 0.25) is 5.02 Å². The van der Waals surface area contributed by atoms with Gasteiger partial charge in [0.2, 0.25) is 0 Å². The molecular formula is C16H18ClNO2. The summed E-state index contributed by atoms with van der Waals surface area (Å²) in [4.78, 5) is 0. The Morgan fingerprint density at radius 2 is 2.00 bits per heavy atom. The summed E-state index contributed by atoms with van der Waals surface area (Å²) < 4.78 is 10.9. The molecule has 20 heavy (non-hydrogen) atoms. The molecule has 0 saturated carbocycles. The van der Waals surface area contributed by atoms with Gasteiger partial charge in [0, 0.05) is 5.02 Å². The fourth-order valence-corrected chi connectivity index (χ4v) is 2.04. The molecule has 0 heterocycles. The van der Waals surface area contributed by atoms with Crippen molar-refractivity contribution in [3.8, 4) is 11.5 Å². The minimum atomic E-state index is -0.219. The largest absolute Gasteiger partial charge is 0.497 e. The van der Waals surface area contributed by atoms with Crippen molar-refractivity contribution in [1.29, 1.82) is 0 Å². The lowest BCUT2D eigenvalue weighted by Gasteiger charge is -2.15. The van der Waals surface area contributed by atoms with Crippen molar-refractivity contribution < 1.29 is 9.47 Å². The van der Waals surface area contributed by atoms with Gasteiger partial charge in [-0.1, -0.05) is 29.8 Å². The molecule has 0 aliphatic rings. The number of methoxy groups -OCH3 is 1. The predicted molar refractivity (Wildman–Crippen MR) is 81.6 cm³/mol. The lowest BCUT2D eigenvalue weighted by atomic mass is 10.1. The quantitative estimate of drug-likeness (QED) is 0.913. The molecule has 0 radical (unpaired) electrons. The number of aryl methyl sites for hydroxylation is 1. The van der Waals surface area contributed by atoms with Gasteiger partial charge in [0.15, 0.2) is 0 Å². The molecule has 4 heteroatoms. The van der Waals surface area contributed by atoms with Crippen LogP contribution in [-0.4, -0.2) is 13.7 Å².